The van der Waals surface area contributed by atoms with Crippen LogP contribution in [-0.2, 0) is 22.4 Å². The first-order valence-corrected chi connectivity index (χ1v) is 8.66. The van der Waals surface area contributed by atoms with Crippen LogP contribution >= 0.6 is 11.5 Å². The number of methoxy groups -OCH3 is 1. The van der Waals surface area contributed by atoms with Crippen molar-refractivity contribution >= 4 is 34.3 Å². The van der Waals surface area contributed by atoms with Crippen molar-refractivity contribution in [1.29, 1.82) is 0 Å². The first-order valence-electron chi connectivity index (χ1n) is 7.89. The van der Waals surface area contributed by atoms with Gasteiger partial charge in [0.25, 0.3) is 5.91 Å². The van der Waals surface area contributed by atoms with Crippen molar-refractivity contribution < 1.29 is 14.3 Å². The number of rotatable bonds is 6. The van der Waals surface area contributed by atoms with Crippen LogP contribution in [0.1, 0.15) is 27.9 Å². The third-order valence-corrected chi connectivity index (χ3v) is 4.75. The highest BCUT2D eigenvalue weighted by Crippen LogP contribution is 2.20. The zero-order valence-corrected chi connectivity index (χ0v) is 14.7. The number of hydrogen-bond acceptors (Lipinski definition) is 6. The Kier molecular flexibility index (Phi) is 5.08. The lowest BCUT2D eigenvalue weighted by atomic mass is 10.0. The van der Waals surface area contributed by atoms with Crippen molar-refractivity contribution in [2.24, 2.45) is 0 Å². The fourth-order valence-corrected chi connectivity index (χ4v) is 3.35. The Hall–Kier alpha value is -2.74. The maximum atomic E-state index is 12.5. The van der Waals surface area contributed by atoms with Gasteiger partial charge in [-0.1, -0.05) is 29.6 Å². The van der Waals surface area contributed by atoms with Crippen LogP contribution < -0.4 is 5.32 Å². The second kappa shape index (κ2) is 7.43. The molecule has 2 N–H and O–H groups in total. The zero-order valence-electron chi connectivity index (χ0n) is 13.9. The van der Waals surface area contributed by atoms with E-state index in [1.807, 2.05) is 37.4 Å². The molecular weight excluding hydrogens is 340 g/mol. The molecule has 0 aliphatic rings. The molecule has 25 heavy (non-hydrogen) atoms. The molecule has 1 atom stereocenters. The molecule has 1 unspecified atom stereocenters. The van der Waals surface area contributed by atoms with E-state index in [-0.39, 0.29) is 5.91 Å². The van der Waals surface area contributed by atoms with Gasteiger partial charge in [0.2, 0.25) is 0 Å². The first-order chi connectivity index (χ1) is 12.1. The molecule has 0 saturated heterocycles. The Morgan fingerprint density at radius 1 is 1.36 bits per heavy atom. The van der Waals surface area contributed by atoms with Crippen molar-refractivity contribution in [1.82, 2.24) is 19.9 Å². The summed E-state index contributed by atoms with van der Waals surface area (Å²) >= 11 is 1.02. The number of carbonyl (C=O) groups is 2. The molecular formula is C17H18N4O3S. The van der Waals surface area contributed by atoms with E-state index in [4.69, 9.17) is 4.74 Å². The molecule has 1 aromatic carbocycles. The lowest BCUT2D eigenvalue weighted by Gasteiger charge is -2.16. The molecule has 3 aromatic rings. The highest BCUT2D eigenvalue weighted by molar-refractivity contribution is 7.08. The summed E-state index contributed by atoms with van der Waals surface area (Å²) in [5.41, 5.74) is 2.54. The van der Waals surface area contributed by atoms with Gasteiger partial charge in [-0.25, -0.2) is 4.79 Å². The summed E-state index contributed by atoms with van der Waals surface area (Å²) in [7, 11) is 1.31. The Morgan fingerprint density at radius 2 is 2.16 bits per heavy atom. The number of para-hydroxylation sites is 1. The van der Waals surface area contributed by atoms with Crippen LogP contribution in [0.5, 0.6) is 0 Å². The molecule has 0 aliphatic heterocycles. The molecule has 0 saturated carbocycles. The minimum atomic E-state index is -0.788. The number of carbonyl (C=O) groups excluding carboxylic acids is 2. The number of nitrogens with one attached hydrogen (secondary N) is 2. The number of aromatic nitrogens is 3. The quantitative estimate of drug-likeness (QED) is 0.658. The van der Waals surface area contributed by atoms with E-state index in [0.717, 1.165) is 28.0 Å². The van der Waals surface area contributed by atoms with E-state index in [2.05, 4.69) is 19.9 Å². The lowest BCUT2D eigenvalue weighted by molar-refractivity contribution is -0.142. The number of aryl methyl sites for hydroxylation is 1. The normalized spacial score (nSPS) is 12.1. The van der Waals surface area contributed by atoms with Crippen molar-refractivity contribution in [3.63, 3.8) is 0 Å². The van der Waals surface area contributed by atoms with Crippen LogP contribution in [-0.4, -0.2) is 39.6 Å². The van der Waals surface area contributed by atoms with E-state index >= 15 is 0 Å². The largest absolute Gasteiger partial charge is 0.467 e. The lowest BCUT2D eigenvalue weighted by Crippen LogP contribution is -2.43. The number of nitrogens with zero attached hydrogens (tertiary/aromatic N) is 2. The van der Waals surface area contributed by atoms with Crippen molar-refractivity contribution in [3.05, 3.63) is 46.6 Å². The summed E-state index contributed by atoms with van der Waals surface area (Å²) in [6.45, 7) is 1.90. The SMILES string of the molecule is CCc1nnsc1C(=O)NC(Cc1c[nH]c2ccccc12)C(=O)OC. The minimum absolute atomic E-state index is 0.329. The number of benzene rings is 1. The van der Waals surface area contributed by atoms with Crippen LogP contribution in [0.2, 0.25) is 0 Å². The molecule has 0 aliphatic carbocycles. The number of esters is 1. The van der Waals surface area contributed by atoms with Gasteiger partial charge in [-0.05, 0) is 29.6 Å². The van der Waals surface area contributed by atoms with Crippen molar-refractivity contribution in [2.75, 3.05) is 7.11 Å². The van der Waals surface area contributed by atoms with Crippen molar-refractivity contribution in [2.45, 2.75) is 25.8 Å². The van der Waals surface area contributed by atoms with E-state index in [0.29, 0.717) is 23.4 Å². The molecule has 0 bridgehead atoms. The Bertz CT molecular complexity index is 902. The van der Waals surface area contributed by atoms with Gasteiger partial charge in [-0.2, -0.15) is 0 Å². The molecule has 3 rings (SSSR count). The third-order valence-electron chi connectivity index (χ3n) is 3.99. The predicted molar refractivity (Wildman–Crippen MR) is 94.6 cm³/mol. The summed E-state index contributed by atoms with van der Waals surface area (Å²) < 4.78 is 8.67. The monoisotopic (exact) mass is 358 g/mol. The Balaban J connectivity index is 1.83. The Morgan fingerprint density at radius 3 is 2.92 bits per heavy atom. The molecule has 130 valence electrons. The topological polar surface area (TPSA) is 97.0 Å². The summed E-state index contributed by atoms with van der Waals surface area (Å²) in [4.78, 5) is 28.3. The van der Waals surface area contributed by atoms with Gasteiger partial charge in [-0.15, -0.1) is 5.10 Å². The fraction of sp³-hybridized carbons (Fsp3) is 0.294. The number of fused-ring (bicyclic) bond motifs is 1. The standard InChI is InChI=1S/C17H18N4O3S/c1-3-12-15(25-21-20-12)16(22)19-14(17(23)24-2)8-10-9-18-13-7-5-4-6-11(10)13/h4-7,9,14,18H,3,8H2,1-2H3,(H,19,22). The molecule has 0 spiro atoms. The van der Waals surface area contributed by atoms with Gasteiger partial charge in [0.15, 0.2) is 0 Å². The average molecular weight is 358 g/mol. The fourth-order valence-electron chi connectivity index (χ4n) is 2.69. The maximum absolute atomic E-state index is 12.5. The van der Waals surface area contributed by atoms with Crippen molar-refractivity contribution in [3.8, 4) is 0 Å². The Labute approximate surface area is 148 Å². The van der Waals surface area contributed by atoms with Crippen LogP contribution in [0.4, 0.5) is 0 Å². The van der Waals surface area contributed by atoms with Crippen LogP contribution in [0, 0.1) is 0 Å². The van der Waals surface area contributed by atoms with Gasteiger partial charge in [-0.3, -0.25) is 4.79 Å². The first kappa shape index (κ1) is 17.1. The molecule has 0 radical (unpaired) electrons. The number of amides is 1. The predicted octanol–water partition coefficient (Wildman–Crippen LogP) is 2.10. The molecule has 2 heterocycles. The number of ether oxygens (including phenoxy) is 1. The second-order valence-electron chi connectivity index (χ2n) is 5.52. The smallest absolute Gasteiger partial charge is 0.328 e. The van der Waals surface area contributed by atoms with Gasteiger partial charge in [0.1, 0.15) is 10.9 Å². The molecule has 2 aromatic heterocycles. The van der Waals surface area contributed by atoms with Crippen LogP contribution in [0.3, 0.4) is 0 Å². The molecule has 0 fully saturated rings. The van der Waals surface area contributed by atoms with Gasteiger partial charge >= 0.3 is 5.97 Å². The van der Waals surface area contributed by atoms with Crippen LogP contribution in [0.15, 0.2) is 30.5 Å². The average Bonchev–Trinajstić information content (AvgIpc) is 3.27. The third kappa shape index (κ3) is 3.53. The number of aromatic amines is 1. The van der Waals surface area contributed by atoms with E-state index in [1.165, 1.54) is 7.11 Å². The summed E-state index contributed by atoms with van der Waals surface area (Å²) in [5, 5.41) is 7.70. The van der Waals surface area contributed by atoms with E-state index in [1.54, 1.807) is 0 Å². The van der Waals surface area contributed by atoms with Crippen LogP contribution in [0.25, 0.3) is 10.9 Å². The van der Waals surface area contributed by atoms with Gasteiger partial charge in [0, 0.05) is 23.5 Å². The molecule has 8 heteroatoms. The highest BCUT2D eigenvalue weighted by atomic mass is 32.1. The number of H-pyrrole nitrogens is 1. The second-order valence-corrected chi connectivity index (χ2v) is 6.27. The molecule has 1 amide bonds. The molecule has 7 nitrogen and oxygen atoms in total. The number of hydrogen-bond donors (Lipinski definition) is 2. The summed E-state index contributed by atoms with van der Waals surface area (Å²) in [6, 6.07) is 7.01. The van der Waals surface area contributed by atoms with E-state index < -0.39 is 12.0 Å². The summed E-state index contributed by atoms with van der Waals surface area (Å²) in [6.07, 6.45) is 2.78. The van der Waals surface area contributed by atoms with E-state index in [9.17, 15) is 9.59 Å². The zero-order chi connectivity index (χ0) is 17.8. The summed E-state index contributed by atoms with van der Waals surface area (Å²) in [5.74, 6) is -0.851. The van der Waals surface area contributed by atoms with Gasteiger partial charge in [0.05, 0.1) is 12.8 Å². The van der Waals surface area contributed by atoms with Gasteiger partial charge < -0.3 is 15.0 Å². The minimum Gasteiger partial charge on any atom is -0.467 e. The maximum Gasteiger partial charge on any atom is 0.328 e. The highest BCUT2D eigenvalue weighted by Gasteiger charge is 2.26.